The molecule has 0 aromatic carbocycles. The Hall–Kier alpha value is -1.03. The highest BCUT2D eigenvalue weighted by atomic mass is 16.5. The molecule has 0 N–H and O–H groups in total. The van der Waals surface area contributed by atoms with Gasteiger partial charge in [-0.15, -0.1) is 0 Å². The van der Waals surface area contributed by atoms with Crippen molar-refractivity contribution in [1.29, 1.82) is 5.26 Å². The zero-order valence-electron chi connectivity index (χ0n) is 10.6. The van der Waals surface area contributed by atoms with Gasteiger partial charge < -0.3 is 4.74 Å². The minimum Gasteiger partial charge on any atom is -0.376 e. The molecule has 0 rings (SSSR count). The van der Waals surface area contributed by atoms with Gasteiger partial charge in [-0.25, -0.2) is 0 Å². The quantitative estimate of drug-likeness (QED) is 0.488. The van der Waals surface area contributed by atoms with Crippen LogP contribution >= 0.6 is 0 Å². The monoisotopic (exact) mass is 222 g/mol. The first kappa shape index (κ1) is 15.0. The van der Waals surface area contributed by atoms with Crippen LogP contribution in [0.25, 0.3) is 0 Å². The summed E-state index contributed by atoms with van der Waals surface area (Å²) in [7, 11) is 0. The van der Waals surface area contributed by atoms with Crippen molar-refractivity contribution in [2.24, 2.45) is 0 Å². The lowest BCUT2D eigenvalue weighted by molar-refractivity contribution is 0.0739. The van der Waals surface area contributed by atoms with Crippen LogP contribution in [0, 0.1) is 23.2 Å². The molecule has 0 radical (unpaired) electrons. The van der Waals surface area contributed by atoms with E-state index >= 15 is 0 Å². The first-order valence-corrected chi connectivity index (χ1v) is 5.91. The molecular formula is C13H22N2O. The Bertz CT molecular complexity index is 255. The van der Waals surface area contributed by atoms with Crippen molar-refractivity contribution in [2.75, 3.05) is 26.2 Å². The molecule has 0 aliphatic rings. The molecule has 0 saturated heterocycles. The van der Waals surface area contributed by atoms with Gasteiger partial charge in [0, 0.05) is 6.42 Å². The van der Waals surface area contributed by atoms with Crippen molar-refractivity contribution in [1.82, 2.24) is 4.90 Å². The second-order valence-electron chi connectivity index (χ2n) is 3.61. The van der Waals surface area contributed by atoms with Gasteiger partial charge in [0.05, 0.1) is 31.7 Å². The summed E-state index contributed by atoms with van der Waals surface area (Å²) in [6, 6.07) is 2.05. The lowest BCUT2D eigenvalue weighted by Crippen LogP contribution is -2.22. The largest absolute Gasteiger partial charge is 0.376 e. The number of hydrogen-bond donors (Lipinski definition) is 0. The van der Waals surface area contributed by atoms with Crippen LogP contribution in [0.15, 0.2) is 0 Å². The maximum Gasteiger partial charge on any atom is 0.0656 e. The Kier molecular flexibility index (Phi) is 9.81. The molecule has 0 bridgehead atoms. The van der Waals surface area contributed by atoms with Crippen LogP contribution in [-0.2, 0) is 4.74 Å². The molecule has 0 aliphatic heterocycles. The molecule has 0 saturated carbocycles. The van der Waals surface area contributed by atoms with Gasteiger partial charge in [-0.1, -0.05) is 25.7 Å². The van der Waals surface area contributed by atoms with Crippen LogP contribution in [0.2, 0.25) is 0 Å². The van der Waals surface area contributed by atoms with E-state index in [0.29, 0.717) is 13.0 Å². The Morgan fingerprint density at radius 3 is 2.50 bits per heavy atom. The summed E-state index contributed by atoms with van der Waals surface area (Å²) in [4.78, 5) is 2.27. The van der Waals surface area contributed by atoms with E-state index in [9.17, 15) is 0 Å². The first-order chi connectivity index (χ1) is 7.74. The fraction of sp³-hybridized carbons (Fsp3) is 0.769. The van der Waals surface area contributed by atoms with Crippen LogP contribution in [0.1, 0.15) is 33.6 Å². The summed E-state index contributed by atoms with van der Waals surface area (Å²) in [5.74, 6) is 6.25. The summed E-state index contributed by atoms with van der Waals surface area (Å²) in [5, 5.41) is 8.35. The fourth-order valence-corrected chi connectivity index (χ4v) is 1.20. The molecule has 1 unspecified atom stereocenters. The smallest absolute Gasteiger partial charge is 0.0656 e. The summed E-state index contributed by atoms with van der Waals surface area (Å²) in [6.07, 6.45) is 1.32. The zero-order chi connectivity index (χ0) is 12.2. The van der Waals surface area contributed by atoms with Gasteiger partial charge >= 0.3 is 0 Å². The van der Waals surface area contributed by atoms with Crippen LogP contribution in [0.4, 0.5) is 0 Å². The number of nitriles is 1. The molecule has 0 amide bonds. The third kappa shape index (κ3) is 8.29. The first-order valence-electron chi connectivity index (χ1n) is 5.91. The van der Waals surface area contributed by atoms with E-state index < -0.39 is 0 Å². The highest BCUT2D eigenvalue weighted by Crippen LogP contribution is 1.96. The second kappa shape index (κ2) is 10.5. The number of ether oxygens (including phenoxy) is 1. The van der Waals surface area contributed by atoms with E-state index in [0.717, 1.165) is 26.1 Å². The van der Waals surface area contributed by atoms with E-state index in [1.165, 1.54) is 0 Å². The molecule has 0 aliphatic carbocycles. The van der Waals surface area contributed by atoms with Crippen molar-refractivity contribution >= 4 is 0 Å². The minimum absolute atomic E-state index is 0.123. The van der Waals surface area contributed by atoms with E-state index in [4.69, 9.17) is 10.00 Å². The highest BCUT2D eigenvalue weighted by molar-refractivity contribution is 5.02. The lowest BCUT2D eigenvalue weighted by Gasteiger charge is -2.13. The van der Waals surface area contributed by atoms with Gasteiger partial charge in [0.25, 0.3) is 0 Å². The number of nitrogens with zero attached hydrogens (tertiary/aromatic N) is 2. The zero-order valence-corrected chi connectivity index (χ0v) is 10.6. The normalized spacial score (nSPS) is 11.7. The molecule has 16 heavy (non-hydrogen) atoms. The van der Waals surface area contributed by atoms with Crippen molar-refractivity contribution in [3.05, 3.63) is 0 Å². The molecule has 0 heterocycles. The third-order valence-electron chi connectivity index (χ3n) is 2.33. The van der Waals surface area contributed by atoms with E-state index in [1.54, 1.807) is 0 Å². The summed E-state index contributed by atoms with van der Waals surface area (Å²) >= 11 is 0. The molecule has 3 heteroatoms. The average Bonchev–Trinajstić information content (AvgIpc) is 2.30. The standard InChI is InChI=1S/C13H22N2O/c1-4-15(5-2)11-7-6-9-13(3)16-12-8-10-14/h13H,4-5,8-9,11-12H2,1-3H3. The molecule has 0 aromatic heterocycles. The van der Waals surface area contributed by atoms with Crippen molar-refractivity contribution in [3.8, 4) is 17.9 Å². The summed E-state index contributed by atoms with van der Waals surface area (Å²) < 4.78 is 5.40. The third-order valence-corrected chi connectivity index (χ3v) is 2.33. The van der Waals surface area contributed by atoms with Gasteiger partial charge in [-0.05, 0) is 20.0 Å². The highest BCUT2D eigenvalue weighted by Gasteiger charge is 1.98. The average molecular weight is 222 g/mol. The van der Waals surface area contributed by atoms with E-state index in [-0.39, 0.29) is 6.10 Å². The molecule has 0 spiro atoms. The van der Waals surface area contributed by atoms with Crippen molar-refractivity contribution in [3.63, 3.8) is 0 Å². The predicted molar refractivity (Wildman–Crippen MR) is 65.8 cm³/mol. The SMILES string of the molecule is CCN(CC)CC#CCC(C)OCCC#N. The molecule has 3 nitrogen and oxygen atoms in total. The lowest BCUT2D eigenvalue weighted by atomic mass is 10.3. The van der Waals surface area contributed by atoms with E-state index in [1.807, 2.05) is 6.92 Å². The molecule has 1 atom stereocenters. The molecule has 0 aromatic rings. The van der Waals surface area contributed by atoms with Gasteiger partial charge in [0.2, 0.25) is 0 Å². The van der Waals surface area contributed by atoms with Crippen molar-refractivity contribution < 1.29 is 4.74 Å². The van der Waals surface area contributed by atoms with Crippen LogP contribution in [0.3, 0.4) is 0 Å². The summed E-state index contributed by atoms with van der Waals surface area (Å²) in [6.45, 7) is 9.69. The molecule has 90 valence electrons. The van der Waals surface area contributed by atoms with Gasteiger partial charge in [0.15, 0.2) is 0 Å². The Morgan fingerprint density at radius 2 is 1.94 bits per heavy atom. The fourth-order valence-electron chi connectivity index (χ4n) is 1.20. The second-order valence-corrected chi connectivity index (χ2v) is 3.61. The van der Waals surface area contributed by atoms with Crippen LogP contribution in [-0.4, -0.2) is 37.2 Å². The maximum absolute atomic E-state index is 8.35. The Labute approximate surface area is 99.4 Å². The van der Waals surface area contributed by atoms with Crippen LogP contribution < -0.4 is 0 Å². The van der Waals surface area contributed by atoms with Gasteiger partial charge in [-0.3, -0.25) is 4.90 Å². The number of hydrogen-bond acceptors (Lipinski definition) is 3. The Balaban J connectivity index is 3.62. The maximum atomic E-state index is 8.35. The minimum atomic E-state index is 0.123. The van der Waals surface area contributed by atoms with Crippen LogP contribution in [0.5, 0.6) is 0 Å². The van der Waals surface area contributed by atoms with Gasteiger partial charge in [-0.2, -0.15) is 5.26 Å². The summed E-state index contributed by atoms with van der Waals surface area (Å²) in [5.41, 5.74) is 0. The van der Waals surface area contributed by atoms with Gasteiger partial charge in [0.1, 0.15) is 0 Å². The molecule has 0 fully saturated rings. The molecular weight excluding hydrogens is 200 g/mol. The topological polar surface area (TPSA) is 36.3 Å². The van der Waals surface area contributed by atoms with Crippen molar-refractivity contribution in [2.45, 2.75) is 39.7 Å². The Morgan fingerprint density at radius 1 is 1.25 bits per heavy atom. The number of rotatable bonds is 7. The van der Waals surface area contributed by atoms with E-state index in [2.05, 4.69) is 36.7 Å². The predicted octanol–water partition coefficient (Wildman–Crippen LogP) is 2.04.